The van der Waals surface area contributed by atoms with E-state index < -0.39 is 17.4 Å². The van der Waals surface area contributed by atoms with Crippen molar-refractivity contribution in [2.75, 3.05) is 19.6 Å². The molecule has 3 heterocycles. The van der Waals surface area contributed by atoms with Gasteiger partial charge in [-0.2, -0.15) is 5.26 Å². The van der Waals surface area contributed by atoms with E-state index in [0.717, 1.165) is 10.5 Å². The quantitative estimate of drug-likeness (QED) is 0.383. The molecular weight excluding hydrogens is 658 g/mol. The Hall–Kier alpha value is -4.53. The second kappa shape index (κ2) is 13.3. The molecule has 50 heavy (non-hydrogen) atoms. The van der Waals surface area contributed by atoms with Crippen LogP contribution in [0.15, 0.2) is 48.5 Å². The Labute approximate surface area is 297 Å². The van der Waals surface area contributed by atoms with Crippen LogP contribution < -0.4 is 15.4 Å². The molecule has 1 spiro atoms. The summed E-state index contributed by atoms with van der Waals surface area (Å²) in [6.45, 7) is 10.2. The van der Waals surface area contributed by atoms with Crippen LogP contribution in [-0.4, -0.2) is 77.2 Å². The number of halogens is 1. The van der Waals surface area contributed by atoms with E-state index in [1.165, 1.54) is 0 Å². The number of hydrogen-bond donors (Lipinski definition) is 2. The first-order valence-electron chi connectivity index (χ1n) is 17.0. The van der Waals surface area contributed by atoms with Gasteiger partial charge in [-0.05, 0) is 62.2 Å². The molecule has 3 aliphatic heterocycles. The Bertz CT molecular complexity index is 1790. The standard InChI is InChI=1S/C38H42ClN5O6/c1-36(2)33(37(3,4)34(36)50-26-12-11-25(22-40)27(39)20-26)42-31(47)24-9-7-23(8-10-24)6-5-17-43-18-15-38(16-19-43)21-30(46)44(35(38)49)28-13-14-29(45)41-32(28)48/h5-12,20,28,33-34H,13-19,21H2,1-4H3,(H,42,47)(H,41,45,48)/b6-5+. The summed E-state index contributed by atoms with van der Waals surface area (Å²) >= 11 is 6.21. The van der Waals surface area contributed by atoms with Gasteiger partial charge in [0.05, 0.1) is 16.0 Å². The summed E-state index contributed by atoms with van der Waals surface area (Å²) in [6.07, 6.45) is 5.30. The van der Waals surface area contributed by atoms with E-state index >= 15 is 0 Å². The number of carbonyl (C=O) groups excluding carboxylic acids is 5. The minimum atomic E-state index is -0.907. The number of nitrogens with zero attached hydrogens (tertiary/aromatic N) is 3. The fourth-order valence-electron chi connectivity index (χ4n) is 8.51. The van der Waals surface area contributed by atoms with Crippen molar-refractivity contribution in [1.29, 1.82) is 5.26 Å². The van der Waals surface area contributed by atoms with E-state index in [0.29, 0.717) is 54.4 Å². The molecule has 2 N–H and O–H groups in total. The van der Waals surface area contributed by atoms with Gasteiger partial charge in [0, 0.05) is 47.9 Å². The molecule has 6 rings (SSSR count). The third-order valence-corrected chi connectivity index (χ3v) is 11.4. The number of rotatable bonds is 8. The van der Waals surface area contributed by atoms with Crippen LogP contribution in [0.4, 0.5) is 0 Å². The Morgan fingerprint density at radius 2 is 1.74 bits per heavy atom. The molecule has 4 aliphatic rings. The number of ether oxygens (including phenoxy) is 1. The summed E-state index contributed by atoms with van der Waals surface area (Å²) < 4.78 is 6.33. The molecule has 0 bridgehead atoms. The van der Waals surface area contributed by atoms with Gasteiger partial charge in [0.2, 0.25) is 23.6 Å². The number of nitriles is 1. The average Bonchev–Trinajstić information content (AvgIpc) is 3.31. The van der Waals surface area contributed by atoms with E-state index in [9.17, 15) is 24.0 Å². The van der Waals surface area contributed by atoms with Gasteiger partial charge in [-0.1, -0.05) is 63.6 Å². The molecule has 0 aromatic heterocycles. The molecular formula is C38H42ClN5O6. The molecule has 1 aliphatic carbocycles. The summed E-state index contributed by atoms with van der Waals surface area (Å²) in [7, 11) is 0. The molecule has 2 aromatic rings. The number of piperidine rings is 2. The SMILES string of the molecule is CC1(C)C(NC(=O)c2ccc(/C=C/CN3CCC4(CC3)CC(=O)N(C3CCC(=O)NC3=O)C4=O)cc2)C(C)(C)C1Oc1ccc(C#N)c(Cl)c1. The predicted octanol–water partition coefficient (Wildman–Crippen LogP) is 4.48. The van der Waals surface area contributed by atoms with Crippen LogP contribution in [0.2, 0.25) is 5.02 Å². The fourth-order valence-corrected chi connectivity index (χ4v) is 8.72. The minimum absolute atomic E-state index is 0.102. The molecule has 2 aromatic carbocycles. The van der Waals surface area contributed by atoms with Gasteiger partial charge in [-0.3, -0.25) is 39.1 Å². The highest BCUT2D eigenvalue weighted by Crippen LogP contribution is 2.55. The van der Waals surface area contributed by atoms with E-state index in [2.05, 4.69) is 49.3 Å². The molecule has 1 saturated carbocycles. The van der Waals surface area contributed by atoms with Crippen molar-refractivity contribution in [2.45, 2.75) is 78.0 Å². The van der Waals surface area contributed by atoms with E-state index in [1.807, 2.05) is 36.4 Å². The van der Waals surface area contributed by atoms with Gasteiger partial charge < -0.3 is 10.1 Å². The molecule has 12 heteroatoms. The van der Waals surface area contributed by atoms with Gasteiger partial charge in [-0.25, -0.2) is 0 Å². The third kappa shape index (κ3) is 6.42. The Kier molecular flexibility index (Phi) is 9.39. The Morgan fingerprint density at radius 1 is 1.06 bits per heavy atom. The zero-order valence-electron chi connectivity index (χ0n) is 28.8. The Morgan fingerprint density at radius 3 is 2.36 bits per heavy atom. The topological polar surface area (TPSA) is 149 Å². The van der Waals surface area contributed by atoms with Crippen LogP contribution in [0.3, 0.4) is 0 Å². The second-order valence-electron chi connectivity index (χ2n) is 15.1. The molecule has 262 valence electrons. The lowest BCUT2D eigenvalue weighted by molar-refractivity contribution is -0.164. The third-order valence-electron chi connectivity index (χ3n) is 11.0. The molecule has 1 unspecified atom stereocenters. The van der Waals surface area contributed by atoms with E-state index in [-0.39, 0.29) is 65.9 Å². The number of imide groups is 2. The van der Waals surface area contributed by atoms with Gasteiger partial charge in [0.1, 0.15) is 24.0 Å². The predicted molar refractivity (Wildman–Crippen MR) is 186 cm³/mol. The lowest BCUT2D eigenvalue weighted by Gasteiger charge is -2.63. The number of amides is 5. The van der Waals surface area contributed by atoms with Crippen molar-refractivity contribution < 1.29 is 28.7 Å². The van der Waals surface area contributed by atoms with Crippen LogP contribution in [0.1, 0.15) is 81.3 Å². The van der Waals surface area contributed by atoms with Gasteiger partial charge in [0.25, 0.3) is 5.91 Å². The van der Waals surface area contributed by atoms with Crippen LogP contribution in [0, 0.1) is 27.6 Å². The maximum absolute atomic E-state index is 13.4. The van der Waals surface area contributed by atoms with Crippen molar-refractivity contribution in [3.63, 3.8) is 0 Å². The van der Waals surface area contributed by atoms with Gasteiger partial charge in [-0.15, -0.1) is 0 Å². The summed E-state index contributed by atoms with van der Waals surface area (Å²) in [6, 6.07) is 13.4. The van der Waals surface area contributed by atoms with Crippen molar-refractivity contribution in [2.24, 2.45) is 16.2 Å². The highest BCUT2D eigenvalue weighted by Gasteiger charge is 2.64. The van der Waals surface area contributed by atoms with Crippen LogP contribution >= 0.6 is 11.6 Å². The molecule has 11 nitrogen and oxygen atoms in total. The highest BCUT2D eigenvalue weighted by atomic mass is 35.5. The first kappa shape index (κ1) is 35.3. The molecule has 1 atom stereocenters. The maximum Gasteiger partial charge on any atom is 0.251 e. The molecule has 0 radical (unpaired) electrons. The summed E-state index contributed by atoms with van der Waals surface area (Å²) in [5, 5.41) is 15.0. The van der Waals surface area contributed by atoms with E-state index in [1.54, 1.807) is 18.2 Å². The maximum atomic E-state index is 13.4. The zero-order valence-corrected chi connectivity index (χ0v) is 29.5. The van der Waals surface area contributed by atoms with Gasteiger partial charge in [0.15, 0.2) is 0 Å². The largest absolute Gasteiger partial charge is 0.489 e. The van der Waals surface area contributed by atoms with Crippen molar-refractivity contribution in [1.82, 2.24) is 20.4 Å². The zero-order chi connectivity index (χ0) is 36.0. The lowest BCUT2D eigenvalue weighted by Crippen LogP contribution is -2.74. The van der Waals surface area contributed by atoms with Crippen molar-refractivity contribution >= 4 is 47.2 Å². The number of hydrogen-bond acceptors (Lipinski definition) is 8. The summed E-state index contributed by atoms with van der Waals surface area (Å²) in [4.78, 5) is 66.8. The summed E-state index contributed by atoms with van der Waals surface area (Å²) in [5.41, 5.74) is 0.365. The highest BCUT2D eigenvalue weighted by molar-refractivity contribution is 6.31. The molecule has 5 amide bonds. The normalized spacial score (nSPS) is 25.7. The lowest BCUT2D eigenvalue weighted by atomic mass is 9.49. The van der Waals surface area contributed by atoms with Crippen molar-refractivity contribution in [3.05, 3.63) is 70.3 Å². The average molecular weight is 700 g/mol. The molecule has 4 fully saturated rings. The smallest absolute Gasteiger partial charge is 0.251 e. The first-order chi connectivity index (χ1) is 23.7. The van der Waals surface area contributed by atoms with E-state index in [4.69, 9.17) is 21.6 Å². The molecule has 3 saturated heterocycles. The second-order valence-corrected chi connectivity index (χ2v) is 15.5. The Balaban J connectivity index is 0.989. The number of nitrogens with one attached hydrogen (secondary N) is 2. The minimum Gasteiger partial charge on any atom is -0.489 e. The number of carbonyl (C=O) groups is 5. The van der Waals surface area contributed by atoms with Gasteiger partial charge >= 0.3 is 0 Å². The summed E-state index contributed by atoms with van der Waals surface area (Å²) in [5.74, 6) is -1.16. The van der Waals surface area contributed by atoms with Crippen LogP contribution in [0.5, 0.6) is 5.75 Å². The monoisotopic (exact) mass is 699 g/mol. The van der Waals surface area contributed by atoms with Crippen molar-refractivity contribution in [3.8, 4) is 11.8 Å². The number of benzene rings is 2. The van der Waals surface area contributed by atoms with Crippen LogP contribution in [-0.2, 0) is 19.2 Å². The first-order valence-corrected chi connectivity index (χ1v) is 17.4. The fraction of sp³-hybridized carbons (Fsp3) is 0.474. The van der Waals surface area contributed by atoms with Crippen LogP contribution in [0.25, 0.3) is 6.08 Å². The number of likely N-dealkylation sites (tertiary alicyclic amines) is 2.